The molecule has 27 heavy (non-hydrogen) atoms. The zero-order valence-corrected chi connectivity index (χ0v) is 15.8. The van der Waals surface area contributed by atoms with Crippen LogP contribution in [0, 0.1) is 12.8 Å². The molecule has 0 aliphatic carbocycles. The van der Waals surface area contributed by atoms with Crippen LogP contribution < -0.4 is 0 Å². The predicted octanol–water partition coefficient (Wildman–Crippen LogP) is 4.43. The zero-order valence-electron chi connectivity index (χ0n) is 15.8. The number of hydrogen-bond acceptors (Lipinski definition) is 2. The molecule has 3 saturated heterocycles. The third-order valence-electron chi connectivity index (χ3n) is 6.25. The molecule has 3 aromatic rings. The summed E-state index contributed by atoms with van der Waals surface area (Å²) < 4.78 is 2.33. The molecule has 6 rings (SSSR count). The molecule has 1 unspecified atom stereocenters. The average molecular weight is 358 g/mol. The Morgan fingerprint density at radius 3 is 2.52 bits per heavy atom. The monoisotopic (exact) mass is 358 g/mol. The van der Waals surface area contributed by atoms with E-state index in [1.165, 1.54) is 27.6 Å². The quantitative estimate of drug-likeness (QED) is 0.750. The summed E-state index contributed by atoms with van der Waals surface area (Å²) in [6.07, 6.45) is 6.39. The third-order valence-corrected chi connectivity index (χ3v) is 6.25. The number of aryl methyl sites for hydroxylation is 1. The highest BCUT2D eigenvalue weighted by atomic mass is 16.3. The summed E-state index contributed by atoms with van der Waals surface area (Å²) >= 11 is 0. The molecule has 3 fully saturated rings. The molecule has 1 atom stereocenters. The smallest absolute Gasteiger partial charge is 0.0965 e. The number of aliphatic hydroxyl groups excluding tert-OH is 1. The fourth-order valence-corrected chi connectivity index (χ4v) is 4.65. The molecule has 3 aliphatic rings. The van der Waals surface area contributed by atoms with E-state index in [0.29, 0.717) is 5.92 Å². The molecule has 0 spiro atoms. The molecule has 0 saturated carbocycles. The lowest BCUT2D eigenvalue weighted by molar-refractivity contribution is 0.0215. The number of piperidine rings is 3. The minimum atomic E-state index is -0.313. The van der Waals surface area contributed by atoms with E-state index >= 15 is 0 Å². The summed E-state index contributed by atoms with van der Waals surface area (Å²) in [6, 6.07) is 17.3. The molecule has 1 N–H and O–H groups in total. The van der Waals surface area contributed by atoms with Crippen LogP contribution >= 0.6 is 0 Å². The van der Waals surface area contributed by atoms with Gasteiger partial charge in [0.2, 0.25) is 0 Å². The highest BCUT2D eigenvalue weighted by Gasteiger charge is 2.36. The van der Waals surface area contributed by atoms with Gasteiger partial charge in [-0.3, -0.25) is 0 Å². The third kappa shape index (κ3) is 2.96. The van der Waals surface area contributed by atoms with Gasteiger partial charge in [0.05, 0.1) is 6.10 Å². The molecule has 3 heteroatoms. The van der Waals surface area contributed by atoms with Crippen molar-refractivity contribution in [3.8, 4) is 0 Å². The van der Waals surface area contributed by atoms with Gasteiger partial charge in [-0.2, -0.15) is 0 Å². The van der Waals surface area contributed by atoms with Gasteiger partial charge in [0, 0.05) is 48.0 Å². The van der Waals surface area contributed by atoms with E-state index in [1.54, 1.807) is 0 Å². The first-order valence-electron chi connectivity index (χ1n) is 9.97. The second-order valence-electron chi connectivity index (χ2n) is 8.05. The number of aromatic nitrogens is 1. The fraction of sp³-hybridized carbons (Fsp3) is 0.333. The van der Waals surface area contributed by atoms with Crippen molar-refractivity contribution < 1.29 is 5.11 Å². The molecule has 2 bridgehead atoms. The molecule has 138 valence electrons. The van der Waals surface area contributed by atoms with Gasteiger partial charge in [-0.25, -0.2) is 0 Å². The number of nitrogens with zero attached hydrogens (tertiary/aromatic N) is 2. The fourth-order valence-electron chi connectivity index (χ4n) is 4.65. The number of aliphatic hydroxyl groups is 1. The van der Waals surface area contributed by atoms with E-state index in [2.05, 4.69) is 77.2 Å². The number of rotatable bonds is 3. The van der Waals surface area contributed by atoms with Crippen LogP contribution in [0.15, 0.2) is 60.4 Å². The Kier molecular flexibility index (Phi) is 4.05. The first-order chi connectivity index (χ1) is 13.2. The van der Waals surface area contributed by atoms with E-state index in [9.17, 15) is 5.11 Å². The van der Waals surface area contributed by atoms with Gasteiger partial charge in [-0.15, -0.1) is 0 Å². The summed E-state index contributed by atoms with van der Waals surface area (Å²) in [5.41, 5.74) is 6.16. The van der Waals surface area contributed by atoms with Crippen LogP contribution in [0.2, 0.25) is 0 Å². The van der Waals surface area contributed by atoms with Gasteiger partial charge < -0.3 is 14.6 Å². The van der Waals surface area contributed by atoms with Crippen molar-refractivity contribution in [2.45, 2.75) is 32.4 Å². The summed E-state index contributed by atoms with van der Waals surface area (Å²) in [4.78, 5) is 2.37. The Morgan fingerprint density at radius 2 is 1.78 bits per heavy atom. The van der Waals surface area contributed by atoms with Crippen LogP contribution in [-0.4, -0.2) is 33.8 Å². The van der Waals surface area contributed by atoms with Crippen molar-refractivity contribution in [2.75, 3.05) is 13.1 Å². The van der Waals surface area contributed by atoms with Crippen molar-refractivity contribution in [3.63, 3.8) is 0 Å². The van der Waals surface area contributed by atoms with Crippen LogP contribution in [0.5, 0.6) is 0 Å². The van der Waals surface area contributed by atoms with Crippen LogP contribution in [0.1, 0.15) is 29.5 Å². The number of fused-ring (bicyclic) bond motifs is 4. The summed E-state index contributed by atoms with van der Waals surface area (Å²) in [6.45, 7) is 5.14. The van der Waals surface area contributed by atoms with Gasteiger partial charge in [0.25, 0.3) is 0 Å². The molecular weight excluding hydrogens is 332 g/mol. The Morgan fingerprint density at radius 1 is 1.04 bits per heavy atom. The van der Waals surface area contributed by atoms with Crippen molar-refractivity contribution in [2.24, 2.45) is 5.92 Å². The largest absolute Gasteiger partial charge is 0.387 e. The normalized spacial score (nSPS) is 23.5. The van der Waals surface area contributed by atoms with Gasteiger partial charge in [0.1, 0.15) is 0 Å². The topological polar surface area (TPSA) is 28.4 Å². The molecule has 3 nitrogen and oxygen atoms in total. The lowest BCUT2D eigenvalue weighted by Gasteiger charge is -2.45. The molecular formula is C24H26N2O. The lowest BCUT2D eigenvalue weighted by atomic mass is 9.83. The van der Waals surface area contributed by atoms with Crippen molar-refractivity contribution >= 4 is 17.0 Å². The Balaban J connectivity index is 1.55. The maximum Gasteiger partial charge on any atom is 0.0965 e. The Labute approximate surface area is 160 Å². The minimum Gasteiger partial charge on any atom is -0.387 e. The van der Waals surface area contributed by atoms with E-state index < -0.39 is 0 Å². The molecule has 0 radical (unpaired) electrons. The molecule has 4 heterocycles. The molecule has 2 aromatic carbocycles. The minimum absolute atomic E-state index is 0.313. The standard InChI is InChI=1S/C24H26N2O/c1-17-6-8-18(9-7-17)15-26-16-20(21-4-2-3-5-22(21)26)14-23-24(27)19-10-12-25(23)13-11-19/h2-9,14,16,19,24,27H,10-13,15H2,1H3/b23-14-. The predicted molar refractivity (Wildman–Crippen MR) is 110 cm³/mol. The van der Waals surface area contributed by atoms with Crippen molar-refractivity contribution in [3.05, 3.63) is 77.1 Å². The first-order valence-corrected chi connectivity index (χ1v) is 9.97. The lowest BCUT2D eigenvalue weighted by Crippen LogP contribution is -2.48. The van der Waals surface area contributed by atoms with E-state index in [1.807, 2.05) is 0 Å². The molecule has 3 aliphatic heterocycles. The van der Waals surface area contributed by atoms with Gasteiger partial charge in [0.15, 0.2) is 0 Å². The Bertz CT molecular complexity index is 987. The van der Waals surface area contributed by atoms with Crippen molar-refractivity contribution in [1.82, 2.24) is 9.47 Å². The van der Waals surface area contributed by atoms with Crippen LogP contribution in [0.25, 0.3) is 17.0 Å². The molecule has 0 amide bonds. The maximum atomic E-state index is 10.7. The Hall–Kier alpha value is -2.52. The highest BCUT2D eigenvalue weighted by molar-refractivity contribution is 5.90. The molecule has 1 aromatic heterocycles. The van der Waals surface area contributed by atoms with E-state index in [4.69, 9.17) is 0 Å². The van der Waals surface area contributed by atoms with Crippen LogP contribution in [0.3, 0.4) is 0 Å². The van der Waals surface area contributed by atoms with Gasteiger partial charge in [-0.05, 0) is 43.4 Å². The summed E-state index contributed by atoms with van der Waals surface area (Å²) in [5, 5.41) is 12.0. The maximum absolute atomic E-state index is 10.7. The highest BCUT2D eigenvalue weighted by Crippen LogP contribution is 2.36. The number of para-hydroxylation sites is 1. The number of hydrogen-bond donors (Lipinski definition) is 1. The number of benzene rings is 2. The second kappa shape index (κ2) is 6.58. The SMILES string of the molecule is Cc1ccc(Cn2cc(/C=C3/C(O)C4CCN3CC4)c3ccccc32)cc1. The summed E-state index contributed by atoms with van der Waals surface area (Å²) in [7, 11) is 0. The van der Waals surface area contributed by atoms with Crippen LogP contribution in [0.4, 0.5) is 0 Å². The summed E-state index contributed by atoms with van der Waals surface area (Å²) in [5.74, 6) is 0.433. The average Bonchev–Trinajstić information content (AvgIpc) is 3.04. The van der Waals surface area contributed by atoms with Gasteiger partial charge in [-0.1, -0.05) is 48.0 Å². The van der Waals surface area contributed by atoms with E-state index in [-0.39, 0.29) is 6.10 Å². The van der Waals surface area contributed by atoms with E-state index in [0.717, 1.165) is 38.2 Å². The second-order valence-corrected chi connectivity index (χ2v) is 8.05. The van der Waals surface area contributed by atoms with Crippen molar-refractivity contribution in [1.29, 1.82) is 0 Å². The van der Waals surface area contributed by atoms with Gasteiger partial charge >= 0.3 is 0 Å². The first kappa shape index (κ1) is 16.6. The van der Waals surface area contributed by atoms with Crippen LogP contribution in [-0.2, 0) is 6.54 Å². The zero-order chi connectivity index (χ0) is 18.4.